The molecule has 0 aliphatic heterocycles. The Hall–Kier alpha value is -1.29. The van der Waals surface area contributed by atoms with Gasteiger partial charge in [0.15, 0.2) is 0 Å². The normalized spacial score (nSPS) is 12.5. The van der Waals surface area contributed by atoms with Gasteiger partial charge in [0.1, 0.15) is 12.0 Å². The molecule has 0 saturated heterocycles. The number of hydrogen-bond acceptors (Lipinski definition) is 3. The van der Waals surface area contributed by atoms with E-state index in [-0.39, 0.29) is 11.9 Å². The number of carbonyl (C=O) groups excluding carboxylic acids is 1. The quantitative estimate of drug-likeness (QED) is 0.756. The minimum atomic E-state index is -0.126. The van der Waals surface area contributed by atoms with Gasteiger partial charge in [-0.1, -0.05) is 6.92 Å². The molecule has 1 unspecified atom stereocenters. The largest absolute Gasteiger partial charge is 0.469 e. The molecule has 1 amide bonds. The molecular formula is C10H16N2O2. The number of aryl methyl sites for hydroxylation is 1. The fourth-order valence-corrected chi connectivity index (χ4v) is 1.16. The van der Waals surface area contributed by atoms with Gasteiger partial charge in [-0.15, -0.1) is 0 Å². The van der Waals surface area contributed by atoms with E-state index in [4.69, 9.17) is 10.2 Å². The van der Waals surface area contributed by atoms with Crippen LogP contribution in [0.2, 0.25) is 0 Å². The van der Waals surface area contributed by atoms with E-state index in [2.05, 4.69) is 5.32 Å². The highest BCUT2D eigenvalue weighted by Crippen LogP contribution is 2.06. The van der Waals surface area contributed by atoms with Crippen molar-refractivity contribution in [1.82, 2.24) is 5.32 Å². The van der Waals surface area contributed by atoms with E-state index in [0.717, 1.165) is 12.2 Å². The molecule has 3 N–H and O–H groups in total. The lowest BCUT2D eigenvalue weighted by atomic mass is 10.2. The van der Waals surface area contributed by atoms with E-state index < -0.39 is 0 Å². The Kier molecular flexibility index (Phi) is 3.71. The monoisotopic (exact) mass is 196 g/mol. The van der Waals surface area contributed by atoms with Crippen LogP contribution >= 0.6 is 0 Å². The Morgan fingerprint density at radius 3 is 2.86 bits per heavy atom. The van der Waals surface area contributed by atoms with Crippen molar-refractivity contribution in [3.63, 3.8) is 0 Å². The first kappa shape index (κ1) is 10.8. The van der Waals surface area contributed by atoms with Crippen LogP contribution in [0.15, 0.2) is 16.7 Å². The first-order valence-corrected chi connectivity index (χ1v) is 4.73. The van der Waals surface area contributed by atoms with E-state index in [1.54, 1.807) is 13.0 Å². The molecule has 4 nitrogen and oxygen atoms in total. The molecule has 0 aliphatic carbocycles. The molecule has 0 spiro atoms. The maximum atomic E-state index is 11.6. The van der Waals surface area contributed by atoms with Crippen LogP contribution in [0.25, 0.3) is 0 Å². The van der Waals surface area contributed by atoms with E-state index in [1.807, 2.05) is 6.92 Å². The second-order valence-electron chi connectivity index (χ2n) is 3.26. The van der Waals surface area contributed by atoms with E-state index in [1.165, 1.54) is 6.26 Å². The van der Waals surface area contributed by atoms with Gasteiger partial charge in [-0.2, -0.15) is 0 Å². The number of hydrogen-bond donors (Lipinski definition) is 2. The zero-order valence-corrected chi connectivity index (χ0v) is 8.54. The third kappa shape index (κ3) is 2.60. The van der Waals surface area contributed by atoms with E-state index in [9.17, 15) is 4.79 Å². The molecule has 14 heavy (non-hydrogen) atoms. The van der Waals surface area contributed by atoms with Crippen molar-refractivity contribution in [3.8, 4) is 0 Å². The maximum absolute atomic E-state index is 11.6. The Bertz CT molecular complexity index is 303. The van der Waals surface area contributed by atoms with Crippen molar-refractivity contribution in [2.24, 2.45) is 5.73 Å². The summed E-state index contributed by atoms with van der Waals surface area (Å²) >= 11 is 0. The zero-order chi connectivity index (χ0) is 10.6. The van der Waals surface area contributed by atoms with Crippen LogP contribution in [-0.4, -0.2) is 18.5 Å². The van der Waals surface area contributed by atoms with Gasteiger partial charge in [-0.25, -0.2) is 0 Å². The molecule has 0 radical (unpaired) electrons. The van der Waals surface area contributed by atoms with Gasteiger partial charge in [-0.3, -0.25) is 4.79 Å². The molecule has 78 valence electrons. The smallest absolute Gasteiger partial charge is 0.254 e. The van der Waals surface area contributed by atoms with Crippen molar-refractivity contribution in [2.45, 2.75) is 26.3 Å². The summed E-state index contributed by atoms with van der Waals surface area (Å²) in [6.45, 7) is 4.24. The Morgan fingerprint density at radius 2 is 2.43 bits per heavy atom. The minimum absolute atomic E-state index is 0.0395. The summed E-state index contributed by atoms with van der Waals surface area (Å²) < 4.78 is 5.04. The summed E-state index contributed by atoms with van der Waals surface area (Å²) in [4.78, 5) is 11.6. The average molecular weight is 196 g/mol. The van der Waals surface area contributed by atoms with Crippen molar-refractivity contribution < 1.29 is 9.21 Å². The summed E-state index contributed by atoms with van der Waals surface area (Å²) in [7, 11) is 0. The molecule has 0 bridgehead atoms. The average Bonchev–Trinajstić information content (AvgIpc) is 2.61. The van der Waals surface area contributed by atoms with Gasteiger partial charge in [0.25, 0.3) is 5.91 Å². The molecule has 1 rings (SSSR count). The molecule has 1 aromatic rings. The van der Waals surface area contributed by atoms with Crippen molar-refractivity contribution >= 4 is 5.91 Å². The van der Waals surface area contributed by atoms with Crippen LogP contribution in [-0.2, 0) is 0 Å². The fraction of sp³-hybridized carbons (Fsp3) is 0.500. The minimum Gasteiger partial charge on any atom is -0.469 e. The first-order chi connectivity index (χ1) is 6.67. The Labute approximate surface area is 83.5 Å². The van der Waals surface area contributed by atoms with Gasteiger partial charge < -0.3 is 15.5 Å². The molecule has 1 aromatic heterocycles. The van der Waals surface area contributed by atoms with Crippen LogP contribution in [0.3, 0.4) is 0 Å². The molecule has 0 saturated carbocycles. The summed E-state index contributed by atoms with van der Waals surface area (Å²) in [6.07, 6.45) is 2.28. The molecule has 1 heterocycles. The van der Waals surface area contributed by atoms with Gasteiger partial charge in [0, 0.05) is 12.6 Å². The Morgan fingerprint density at radius 1 is 1.71 bits per heavy atom. The number of rotatable bonds is 4. The topological polar surface area (TPSA) is 68.3 Å². The van der Waals surface area contributed by atoms with Gasteiger partial charge in [-0.05, 0) is 19.4 Å². The van der Waals surface area contributed by atoms with Crippen LogP contribution in [0, 0.1) is 6.92 Å². The summed E-state index contributed by atoms with van der Waals surface area (Å²) in [6, 6.07) is 1.75. The maximum Gasteiger partial charge on any atom is 0.254 e. The molecule has 1 atom stereocenters. The number of furan rings is 1. The Balaban J connectivity index is 2.58. The van der Waals surface area contributed by atoms with Crippen LogP contribution < -0.4 is 11.1 Å². The number of amides is 1. The highest BCUT2D eigenvalue weighted by atomic mass is 16.3. The SMILES string of the molecule is CCC(CN)NC(=O)c1coc(C)c1. The van der Waals surface area contributed by atoms with Crippen molar-refractivity contribution in [3.05, 3.63) is 23.7 Å². The highest BCUT2D eigenvalue weighted by molar-refractivity contribution is 5.94. The lowest BCUT2D eigenvalue weighted by Gasteiger charge is -2.13. The molecule has 0 aromatic carbocycles. The lowest BCUT2D eigenvalue weighted by Crippen LogP contribution is -2.39. The van der Waals surface area contributed by atoms with Crippen molar-refractivity contribution in [2.75, 3.05) is 6.54 Å². The van der Waals surface area contributed by atoms with Crippen LogP contribution in [0.4, 0.5) is 0 Å². The summed E-state index contributed by atoms with van der Waals surface area (Å²) in [5.74, 6) is 0.607. The van der Waals surface area contributed by atoms with E-state index >= 15 is 0 Å². The first-order valence-electron chi connectivity index (χ1n) is 4.73. The van der Waals surface area contributed by atoms with Crippen LogP contribution in [0.5, 0.6) is 0 Å². The second kappa shape index (κ2) is 4.81. The second-order valence-corrected chi connectivity index (χ2v) is 3.26. The lowest BCUT2D eigenvalue weighted by molar-refractivity contribution is 0.0936. The van der Waals surface area contributed by atoms with E-state index in [0.29, 0.717) is 12.1 Å². The van der Waals surface area contributed by atoms with Crippen LogP contribution in [0.1, 0.15) is 29.5 Å². The molecular weight excluding hydrogens is 180 g/mol. The third-order valence-corrected chi connectivity index (χ3v) is 2.11. The summed E-state index contributed by atoms with van der Waals surface area (Å²) in [5, 5.41) is 2.82. The van der Waals surface area contributed by atoms with Crippen molar-refractivity contribution in [1.29, 1.82) is 0 Å². The number of carbonyl (C=O) groups is 1. The third-order valence-electron chi connectivity index (χ3n) is 2.11. The number of nitrogens with one attached hydrogen (secondary N) is 1. The van der Waals surface area contributed by atoms with Gasteiger partial charge in [0.05, 0.1) is 5.56 Å². The molecule has 0 aliphatic rings. The number of nitrogens with two attached hydrogens (primary N) is 1. The summed E-state index contributed by atoms with van der Waals surface area (Å²) in [5.41, 5.74) is 6.03. The zero-order valence-electron chi connectivity index (χ0n) is 8.54. The molecule has 0 fully saturated rings. The standard InChI is InChI=1S/C10H16N2O2/c1-3-9(5-11)12-10(13)8-4-7(2)14-6-8/h4,6,9H,3,5,11H2,1-2H3,(H,12,13). The predicted molar refractivity (Wildman–Crippen MR) is 54.0 cm³/mol. The fourth-order valence-electron chi connectivity index (χ4n) is 1.16. The van der Waals surface area contributed by atoms with Gasteiger partial charge in [0.2, 0.25) is 0 Å². The predicted octanol–water partition coefficient (Wildman–Crippen LogP) is 1.06. The molecule has 4 heteroatoms. The highest BCUT2D eigenvalue weighted by Gasteiger charge is 2.12. The van der Waals surface area contributed by atoms with Gasteiger partial charge >= 0.3 is 0 Å².